The topological polar surface area (TPSA) is 67.4 Å². The van der Waals surface area contributed by atoms with E-state index in [1.165, 1.54) is 6.07 Å². The van der Waals surface area contributed by atoms with Gasteiger partial charge in [0, 0.05) is 6.04 Å². The van der Waals surface area contributed by atoms with Gasteiger partial charge in [-0.25, -0.2) is 14.3 Å². The van der Waals surface area contributed by atoms with E-state index in [0.717, 1.165) is 23.3 Å². The molecule has 0 saturated carbocycles. The standard InChI is InChI=1S/C26H22F2N2O3.ClH/c1-15-8-10-17(11-9-15)23(29-16(2)18-12-13-20(27)21(28)14-18)22-24(31)25(32)26(22)33-30-19-6-4-3-5-7-19;/h3-14,16,23,29-30H,1-2H3;1H/t16-,23?;/m1./s1. The molecule has 34 heavy (non-hydrogen) atoms. The minimum absolute atomic E-state index is 0. The number of benzene rings is 3. The smallest absolute Gasteiger partial charge is 0.271 e. The SMILES string of the molecule is Cc1ccc(C(N[C@H](C)c2ccc(F)c(F)c2)c2c(ONc3ccccc3)c(=O)c2=O)cc1.Cl. The Hall–Kier alpha value is -3.55. The number of halogens is 3. The summed E-state index contributed by atoms with van der Waals surface area (Å²) in [5.41, 5.74) is 4.34. The highest BCUT2D eigenvalue weighted by Crippen LogP contribution is 2.30. The Morgan fingerprint density at radius 2 is 1.47 bits per heavy atom. The zero-order chi connectivity index (χ0) is 23.5. The molecule has 1 unspecified atom stereocenters. The maximum Gasteiger partial charge on any atom is 0.271 e. The average Bonchev–Trinajstić information content (AvgIpc) is 2.83. The van der Waals surface area contributed by atoms with Gasteiger partial charge >= 0.3 is 0 Å². The fourth-order valence-corrected chi connectivity index (χ4v) is 3.60. The van der Waals surface area contributed by atoms with E-state index < -0.39 is 34.6 Å². The van der Waals surface area contributed by atoms with Gasteiger partial charge in [-0.1, -0.05) is 54.1 Å². The summed E-state index contributed by atoms with van der Waals surface area (Å²) in [7, 11) is 0. The zero-order valence-electron chi connectivity index (χ0n) is 18.5. The van der Waals surface area contributed by atoms with Crippen molar-refractivity contribution in [3.05, 3.63) is 127 Å². The molecule has 4 rings (SSSR count). The molecule has 4 aromatic carbocycles. The normalized spacial score (nSPS) is 12.6. The van der Waals surface area contributed by atoms with Crippen molar-refractivity contribution in [3.63, 3.8) is 0 Å². The van der Waals surface area contributed by atoms with Gasteiger partial charge in [-0.3, -0.25) is 14.9 Å². The molecule has 0 aliphatic rings. The molecule has 0 spiro atoms. The van der Waals surface area contributed by atoms with Gasteiger partial charge in [0.1, 0.15) is 0 Å². The van der Waals surface area contributed by atoms with E-state index in [-0.39, 0.29) is 23.7 Å². The number of aryl methyl sites for hydroxylation is 1. The van der Waals surface area contributed by atoms with Crippen LogP contribution in [0, 0.1) is 18.6 Å². The van der Waals surface area contributed by atoms with Crippen molar-refractivity contribution in [3.8, 4) is 5.75 Å². The fourth-order valence-electron chi connectivity index (χ4n) is 3.60. The van der Waals surface area contributed by atoms with Crippen molar-refractivity contribution in [2.24, 2.45) is 0 Å². The molecule has 176 valence electrons. The van der Waals surface area contributed by atoms with Gasteiger partial charge in [-0.15, -0.1) is 12.4 Å². The Morgan fingerprint density at radius 1 is 0.824 bits per heavy atom. The van der Waals surface area contributed by atoms with E-state index in [0.29, 0.717) is 11.3 Å². The minimum Gasteiger partial charge on any atom is -0.377 e. The second kappa shape index (κ2) is 10.6. The zero-order valence-corrected chi connectivity index (χ0v) is 19.3. The van der Waals surface area contributed by atoms with E-state index in [2.05, 4.69) is 10.8 Å². The average molecular weight is 485 g/mol. The van der Waals surface area contributed by atoms with Crippen LogP contribution in [-0.2, 0) is 0 Å². The molecule has 2 N–H and O–H groups in total. The molecule has 0 heterocycles. The number of hydrogen-bond donors (Lipinski definition) is 2. The molecule has 0 amide bonds. The largest absolute Gasteiger partial charge is 0.377 e. The number of para-hydroxylation sites is 1. The third-order valence-electron chi connectivity index (χ3n) is 5.51. The molecule has 0 fully saturated rings. The summed E-state index contributed by atoms with van der Waals surface area (Å²) in [4.78, 5) is 30.5. The molecule has 5 nitrogen and oxygen atoms in total. The third kappa shape index (κ3) is 5.16. The Bertz CT molecular complexity index is 1340. The Morgan fingerprint density at radius 3 is 2.12 bits per heavy atom. The van der Waals surface area contributed by atoms with Crippen LogP contribution < -0.4 is 26.5 Å². The molecule has 4 aromatic rings. The Balaban J connectivity index is 0.00000324. The Kier molecular flexibility index (Phi) is 7.81. The van der Waals surface area contributed by atoms with Gasteiger partial charge in [0.15, 0.2) is 11.6 Å². The first-order valence-electron chi connectivity index (χ1n) is 10.4. The fraction of sp³-hybridized carbons (Fsp3) is 0.154. The van der Waals surface area contributed by atoms with E-state index in [1.807, 2.05) is 37.3 Å². The molecule has 0 aliphatic heterocycles. The van der Waals surface area contributed by atoms with Crippen LogP contribution in [-0.4, -0.2) is 0 Å². The van der Waals surface area contributed by atoms with Crippen LogP contribution >= 0.6 is 12.4 Å². The van der Waals surface area contributed by atoms with Crippen molar-refractivity contribution < 1.29 is 13.6 Å². The van der Waals surface area contributed by atoms with Gasteiger partial charge in [-0.05, 0) is 49.2 Å². The van der Waals surface area contributed by atoms with Crippen LogP contribution in [0.4, 0.5) is 14.5 Å². The lowest BCUT2D eigenvalue weighted by Gasteiger charge is -2.26. The lowest BCUT2D eigenvalue weighted by molar-refractivity contribution is 0.379. The van der Waals surface area contributed by atoms with Gasteiger partial charge in [-0.2, -0.15) is 0 Å². The van der Waals surface area contributed by atoms with Gasteiger partial charge in [0.2, 0.25) is 11.2 Å². The summed E-state index contributed by atoms with van der Waals surface area (Å²) in [5, 5.41) is 3.27. The molecular formula is C26H23ClF2N2O3. The second-order valence-corrected chi connectivity index (χ2v) is 7.88. The first kappa shape index (κ1) is 25.1. The minimum atomic E-state index is -0.960. The second-order valence-electron chi connectivity index (χ2n) is 7.88. The lowest BCUT2D eigenvalue weighted by atomic mass is 9.92. The summed E-state index contributed by atoms with van der Waals surface area (Å²) in [6, 6.07) is 18.9. The van der Waals surface area contributed by atoms with E-state index >= 15 is 0 Å². The van der Waals surface area contributed by atoms with Crippen molar-refractivity contribution in [2.75, 3.05) is 5.48 Å². The summed E-state index contributed by atoms with van der Waals surface area (Å²) < 4.78 is 27.2. The maximum atomic E-state index is 13.8. The molecule has 0 bridgehead atoms. The molecule has 0 saturated heterocycles. The van der Waals surface area contributed by atoms with Crippen LogP contribution in [0.3, 0.4) is 0 Å². The van der Waals surface area contributed by atoms with Crippen LogP contribution in [0.1, 0.15) is 41.3 Å². The lowest BCUT2D eigenvalue weighted by Crippen LogP contribution is -2.43. The van der Waals surface area contributed by atoms with Gasteiger partial charge in [0.25, 0.3) is 5.43 Å². The molecular weight excluding hydrogens is 462 g/mol. The summed E-state index contributed by atoms with van der Waals surface area (Å²) in [5.74, 6) is -1.98. The molecule has 0 aromatic heterocycles. The predicted octanol–water partition coefficient (Wildman–Crippen LogP) is 5.14. The van der Waals surface area contributed by atoms with Gasteiger partial charge in [0.05, 0.1) is 17.3 Å². The van der Waals surface area contributed by atoms with Crippen LogP contribution in [0.25, 0.3) is 0 Å². The summed E-state index contributed by atoms with van der Waals surface area (Å²) >= 11 is 0. The molecule has 2 atom stereocenters. The summed E-state index contributed by atoms with van der Waals surface area (Å²) in [6.45, 7) is 3.70. The van der Waals surface area contributed by atoms with Crippen LogP contribution in [0.5, 0.6) is 5.75 Å². The molecule has 8 heteroatoms. The van der Waals surface area contributed by atoms with Gasteiger partial charge < -0.3 is 4.84 Å². The highest BCUT2D eigenvalue weighted by molar-refractivity contribution is 5.85. The third-order valence-corrected chi connectivity index (χ3v) is 5.51. The van der Waals surface area contributed by atoms with Crippen LogP contribution in [0.2, 0.25) is 0 Å². The highest BCUT2D eigenvalue weighted by Gasteiger charge is 2.32. The highest BCUT2D eigenvalue weighted by atomic mass is 35.5. The Labute approximate surface area is 201 Å². The number of nitrogens with one attached hydrogen (secondary N) is 2. The predicted molar refractivity (Wildman–Crippen MR) is 130 cm³/mol. The maximum absolute atomic E-state index is 13.8. The first-order valence-corrected chi connectivity index (χ1v) is 10.4. The molecule has 0 radical (unpaired) electrons. The van der Waals surface area contributed by atoms with E-state index in [4.69, 9.17) is 4.84 Å². The number of hydrogen-bond acceptors (Lipinski definition) is 5. The van der Waals surface area contributed by atoms with Crippen molar-refractivity contribution >= 4 is 18.1 Å². The van der Waals surface area contributed by atoms with Crippen molar-refractivity contribution in [1.82, 2.24) is 5.32 Å². The van der Waals surface area contributed by atoms with Crippen molar-refractivity contribution in [1.29, 1.82) is 0 Å². The number of anilines is 1. The first-order chi connectivity index (χ1) is 15.8. The van der Waals surface area contributed by atoms with Crippen LogP contribution in [0.15, 0.2) is 82.4 Å². The monoisotopic (exact) mass is 484 g/mol. The molecule has 0 aliphatic carbocycles. The quantitative estimate of drug-likeness (QED) is 0.268. The summed E-state index contributed by atoms with van der Waals surface area (Å²) in [6.07, 6.45) is 0. The number of rotatable bonds is 8. The van der Waals surface area contributed by atoms with Crippen molar-refractivity contribution in [2.45, 2.75) is 25.9 Å². The van der Waals surface area contributed by atoms with E-state index in [1.54, 1.807) is 31.2 Å². The van der Waals surface area contributed by atoms with E-state index in [9.17, 15) is 18.4 Å².